The lowest BCUT2D eigenvalue weighted by molar-refractivity contribution is 0.102. The molecule has 6 rings (SSSR count). The third-order valence-corrected chi connectivity index (χ3v) is 7.52. The standard InChI is InChI=1S/C31H23F2N5O4S/c1-37(2)28-26(30(40)38(31-27(28)35-16-43-31)19-7-4-17(32)5-8-19)29(39)36-18-6-11-25(22(33)14-18)42-24-12-13-34-23-15-20(41-3)9-10-21(23)24/h4-16H,1-3H3,(H,36,39). The number of anilines is 2. The van der Waals surface area contributed by atoms with Crippen LogP contribution in [0, 0.1) is 11.6 Å². The minimum absolute atomic E-state index is 0.0714. The largest absolute Gasteiger partial charge is 0.497 e. The second-order valence-corrected chi connectivity index (χ2v) is 10.5. The normalized spacial score (nSPS) is 11.1. The second kappa shape index (κ2) is 11.1. The minimum atomic E-state index is -0.762. The molecular formula is C31H23F2N5O4S. The van der Waals surface area contributed by atoms with Crippen LogP contribution in [0.4, 0.5) is 20.2 Å². The maximum absolute atomic E-state index is 15.3. The zero-order chi connectivity index (χ0) is 30.2. The number of rotatable bonds is 7. The van der Waals surface area contributed by atoms with Crippen molar-refractivity contribution in [3.8, 4) is 22.9 Å². The number of halogens is 2. The van der Waals surface area contributed by atoms with Gasteiger partial charge in [0.15, 0.2) is 11.6 Å². The Bertz CT molecular complexity index is 2080. The quantitative estimate of drug-likeness (QED) is 0.227. The lowest BCUT2D eigenvalue weighted by Gasteiger charge is -2.20. The molecule has 0 aliphatic heterocycles. The van der Waals surface area contributed by atoms with Crippen LogP contribution >= 0.6 is 11.3 Å². The van der Waals surface area contributed by atoms with Crippen LogP contribution in [0.2, 0.25) is 0 Å². The highest BCUT2D eigenvalue weighted by Gasteiger charge is 2.26. The molecular weight excluding hydrogens is 576 g/mol. The Balaban J connectivity index is 1.35. The monoisotopic (exact) mass is 599 g/mol. The van der Waals surface area contributed by atoms with E-state index in [4.69, 9.17) is 9.47 Å². The lowest BCUT2D eigenvalue weighted by atomic mass is 10.1. The van der Waals surface area contributed by atoms with Crippen LogP contribution < -0.4 is 25.2 Å². The number of fused-ring (bicyclic) bond motifs is 2. The molecule has 1 N–H and O–H groups in total. The molecule has 0 saturated carbocycles. The van der Waals surface area contributed by atoms with Crippen molar-refractivity contribution in [3.63, 3.8) is 0 Å². The van der Waals surface area contributed by atoms with Gasteiger partial charge in [-0.3, -0.25) is 19.1 Å². The number of nitrogens with one attached hydrogen (secondary N) is 1. The van der Waals surface area contributed by atoms with Crippen molar-refractivity contribution in [2.24, 2.45) is 0 Å². The van der Waals surface area contributed by atoms with Gasteiger partial charge in [-0.15, -0.1) is 11.3 Å². The summed E-state index contributed by atoms with van der Waals surface area (Å²) in [5, 5.41) is 3.29. The molecule has 0 radical (unpaired) electrons. The van der Waals surface area contributed by atoms with Crippen LogP contribution in [-0.4, -0.2) is 41.6 Å². The van der Waals surface area contributed by atoms with Crippen molar-refractivity contribution >= 4 is 49.9 Å². The van der Waals surface area contributed by atoms with Crippen LogP contribution in [0.1, 0.15) is 10.4 Å². The molecule has 0 aliphatic carbocycles. The summed E-state index contributed by atoms with van der Waals surface area (Å²) in [6.07, 6.45) is 1.55. The number of hydrogen-bond acceptors (Lipinski definition) is 8. The van der Waals surface area contributed by atoms with Gasteiger partial charge < -0.3 is 19.7 Å². The first-order chi connectivity index (χ1) is 20.7. The first-order valence-corrected chi connectivity index (χ1v) is 13.8. The van der Waals surface area contributed by atoms with Gasteiger partial charge in [0, 0.05) is 43.5 Å². The molecule has 6 aromatic rings. The van der Waals surface area contributed by atoms with E-state index in [2.05, 4.69) is 15.3 Å². The molecule has 43 heavy (non-hydrogen) atoms. The Hall–Kier alpha value is -5.36. The molecule has 3 aromatic heterocycles. The van der Waals surface area contributed by atoms with Gasteiger partial charge in [0.2, 0.25) is 0 Å². The van der Waals surface area contributed by atoms with E-state index in [1.165, 1.54) is 52.3 Å². The van der Waals surface area contributed by atoms with Crippen LogP contribution in [0.3, 0.4) is 0 Å². The van der Waals surface area contributed by atoms with E-state index in [1.54, 1.807) is 62.1 Å². The minimum Gasteiger partial charge on any atom is -0.497 e. The van der Waals surface area contributed by atoms with Gasteiger partial charge >= 0.3 is 0 Å². The molecule has 0 aliphatic rings. The fourth-order valence-electron chi connectivity index (χ4n) is 4.74. The third-order valence-electron chi connectivity index (χ3n) is 6.71. The van der Waals surface area contributed by atoms with E-state index < -0.39 is 23.1 Å². The number of hydrogen-bond donors (Lipinski definition) is 1. The summed E-state index contributed by atoms with van der Waals surface area (Å²) in [6.45, 7) is 0. The topological polar surface area (TPSA) is 98.6 Å². The van der Waals surface area contributed by atoms with Gasteiger partial charge in [-0.2, -0.15) is 0 Å². The third kappa shape index (κ3) is 5.12. The van der Waals surface area contributed by atoms with Crippen molar-refractivity contribution in [1.29, 1.82) is 0 Å². The Kier molecular flexibility index (Phi) is 7.20. The van der Waals surface area contributed by atoms with E-state index in [9.17, 15) is 14.0 Å². The summed E-state index contributed by atoms with van der Waals surface area (Å²) in [7, 11) is 4.94. The van der Waals surface area contributed by atoms with Crippen LogP contribution in [0.25, 0.3) is 26.9 Å². The maximum atomic E-state index is 15.3. The number of thiazole rings is 1. The molecule has 0 saturated heterocycles. The number of carbonyl (C=O) groups is 1. The molecule has 9 nitrogen and oxygen atoms in total. The SMILES string of the molecule is COc1ccc2c(Oc3ccc(NC(=O)c4c(N(C)C)c5ncsc5n(-c5ccc(F)cc5)c4=O)cc3F)ccnc2c1. The van der Waals surface area contributed by atoms with Crippen LogP contribution in [-0.2, 0) is 0 Å². The number of pyridine rings is 2. The van der Waals surface area contributed by atoms with Crippen molar-refractivity contribution in [2.45, 2.75) is 0 Å². The Morgan fingerprint density at radius 2 is 1.77 bits per heavy atom. The van der Waals surface area contributed by atoms with Gasteiger partial charge in [0.25, 0.3) is 11.5 Å². The van der Waals surface area contributed by atoms with E-state index >= 15 is 4.39 Å². The summed E-state index contributed by atoms with van der Waals surface area (Å²) < 4.78 is 41.3. The smallest absolute Gasteiger partial charge is 0.271 e. The van der Waals surface area contributed by atoms with Crippen molar-refractivity contribution in [2.75, 3.05) is 31.4 Å². The average molecular weight is 600 g/mol. The molecule has 216 valence electrons. The Labute approximate surface area is 247 Å². The number of amides is 1. The lowest BCUT2D eigenvalue weighted by Crippen LogP contribution is -2.32. The second-order valence-electron chi connectivity index (χ2n) is 9.63. The molecule has 3 aromatic carbocycles. The number of nitrogens with zero attached hydrogens (tertiary/aromatic N) is 4. The molecule has 0 atom stereocenters. The van der Waals surface area contributed by atoms with Crippen molar-refractivity contribution in [1.82, 2.24) is 14.5 Å². The highest BCUT2D eigenvalue weighted by atomic mass is 32.1. The van der Waals surface area contributed by atoms with E-state index in [1.807, 2.05) is 0 Å². The van der Waals surface area contributed by atoms with Gasteiger partial charge in [0.1, 0.15) is 33.2 Å². The first-order valence-electron chi connectivity index (χ1n) is 12.9. The van der Waals surface area contributed by atoms with Gasteiger partial charge in [-0.1, -0.05) is 0 Å². The van der Waals surface area contributed by atoms with Crippen molar-refractivity contribution < 1.29 is 23.0 Å². The Morgan fingerprint density at radius 3 is 2.49 bits per heavy atom. The molecule has 0 unspecified atom stereocenters. The fourth-order valence-corrected chi connectivity index (χ4v) is 5.55. The molecule has 3 heterocycles. The van der Waals surface area contributed by atoms with E-state index in [0.717, 1.165) is 6.07 Å². The average Bonchev–Trinajstić information content (AvgIpc) is 3.47. The number of carbonyl (C=O) groups excluding carboxylic acids is 1. The van der Waals surface area contributed by atoms with Crippen molar-refractivity contribution in [3.05, 3.63) is 106 Å². The number of methoxy groups -OCH3 is 1. The summed E-state index contributed by atoms with van der Waals surface area (Å²) in [5.41, 5.74) is 2.54. The Morgan fingerprint density at radius 1 is 0.977 bits per heavy atom. The van der Waals surface area contributed by atoms with Gasteiger partial charge in [-0.25, -0.2) is 13.8 Å². The summed E-state index contributed by atoms with van der Waals surface area (Å²) in [5.74, 6) is -1.02. The predicted octanol–water partition coefficient (Wildman–Crippen LogP) is 6.39. The number of ether oxygens (including phenoxy) is 2. The molecule has 1 amide bonds. The fraction of sp³-hybridized carbons (Fsp3) is 0.0968. The van der Waals surface area contributed by atoms with Gasteiger partial charge in [-0.05, 0) is 54.6 Å². The van der Waals surface area contributed by atoms with E-state index in [-0.39, 0.29) is 17.0 Å². The number of benzene rings is 3. The first kappa shape index (κ1) is 27.8. The summed E-state index contributed by atoms with van der Waals surface area (Å²) in [6, 6.07) is 16.2. The van der Waals surface area contributed by atoms with E-state index in [0.29, 0.717) is 44.1 Å². The molecule has 12 heteroatoms. The zero-order valence-corrected chi connectivity index (χ0v) is 23.9. The summed E-state index contributed by atoms with van der Waals surface area (Å²) in [4.78, 5) is 38.3. The summed E-state index contributed by atoms with van der Waals surface area (Å²) >= 11 is 1.22. The molecule has 0 bridgehead atoms. The number of aromatic nitrogens is 3. The molecule has 0 spiro atoms. The predicted molar refractivity (Wildman–Crippen MR) is 162 cm³/mol. The van der Waals surface area contributed by atoms with Gasteiger partial charge in [0.05, 0.1) is 29.5 Å². The highest BCUT2D eigenvalue weighted by Crippen LogP contribution is 2.34. The van der Waals surface area contributed by atoms with Crippen LogP contribution in [0.15, 0.2) is 83.2 Å². The molecule has 0 fully saturated rings. The maximum Gasteiger partial charge on any atom is 0.271 e. The van der Waals surface area contributed by atoms with Crippen LogP contribution in [0.5, 0.6) is 17.2 Å². The highest BCUT2D eigenvalue weighted by molar-refractivity contribution is 7.16. The zero-order valence-electron chi connectivity index (χ0n) is 23.1.